The van der Waals surface area contributed by atoms with E-state index in [1.165, 1.54) is 12.8 Å². The molecule has 2 saturated carbocycles. The molecule has 0 bridgehead atoms. The van der Waals surface area contributed by atoms with Gasteiger partial charge in [0.1, 0.15) is 5.54 Å². The molecule has 0 radical (unpaired) electrons. The molecule has 0 amide bonds. The molecule has 2 aliphatic carbocycles. The van der Waals surface area contributed by atoms with Gasteiger partial charge in [-0.15, -0.1) is 0 Å². The van der Waals surface area contributed by atoms with Crippen molar-refractivity contribution in [1.29, 1.82) is 0 Å². The summed E-state index contributed by atoms with van der Waals surface area (Å²) < 4.78 is 5.35. The number of carbonyl (C=O) groups excluding carboxylic acids is 1. The second-order valence-corrected chi connectivity index (χ2v) is 5.72. The molecule has 18 heavy (non-hydrogen) atoms. The summed E-state index contributed by atoms with van der Waals surface area (Å²) in [7, 11) is 2.07. The Morgan fingerprint density at radius 3 is 2.44 bits per heavy atom. The molecule has 2 aliphatic rings. The van der Waals surface area contributed by atoms with E-state index < -0.39 is 5.54 Å². The molecule has 0 aromatic rings. The van der Waals surface area contributed by atoms with E-state index in [1.54, 1.807) is 0 Å². The van der Waals surface area contributed by atoms with Crippen LogP contribution in [0.4, 0.5) is 0 Å². The Bertz CT molecular complexity index is 300. The summed E-state index contributed by atoms with van der Waals surface area (Å²) in [5.41, 5.74) is -0.456. The van der Waals surface area contributed by atoms with Crippen molar-refractivity contribution in [2.75, 3.05) is 26.7 Å². The second-order valence-electron chi connectivity index (χ2n) is 5.72. The number of hydrogen-bond acceptors (Lipinski definition) is 4. The zero-order chi connectivity index (χ0) is 13.2. The lowest BCUT2D eigenvalue weighted by Crippen LogP contribution is -2.61. The van der Waals surface area contributed by atoms with Crippen molar-refractivity contribution in [2.45, 2.75) is 51.1 Å². The number of likely N-dealkylation sites (N-methyl/N-ethyl adjacent to an activating group) is 1. The fourth-order valence-electron chi connectivity index (χ4n) is 2.55. The number of nitrogens with zero attached hydrogens (tertiary/aromatic N) is 1. The SMILES string of the molecule is CCOC(=O)C(CN(C)CC)(NC1CC1)C1CC1. The Kier molecular flexibility index (Phi) is 4.28. The highest BCUT2D eigenvalue weighted by Crippen LogP contribution is 2.42. The van der Waals surface area contributed by atoms with Gasteiger partial charge in [0, 0.05) is 12.6 Å². The molecule has 4 heteroatoms. The molecule has 0 spiro atoms. The van der Waals surface area contributed by atoms with Crippen LogP contribution in [-0.4, -0.2) is 49.2 Å². The summed E-state index contributed by atoms with van der Waals surface area (Å²) in [5.74, 6) is 0.422. The van der Waals surface area contributed by atoms with Crippen LogP contribution in [0, 0.1) is 5.92 Å². The summed E-state index contributed by atoms with van der Waals surface area (Å²) in [6, 6.07) is 0.528. The van der Waals surface area contributed by atoms with Gasteiger partial charge in [-0.1, -0.05) is 6.92 Å². The van der Waals surface area contributed by atoms with Gasteiger partial charge in [-0.3, -0.25) is 5.32 Å². The molecule has 0 heterocycles. The fraction of sp³-hybridized carbons (Fsp3) is 0.929. The fourth-order valence-corrected chi connectivity index (χ4v) is 2.55. The van der Waals surface area contributed by atoms with Gasteiger partial charge in [0.15, 0.2) is 0 Å². The lowest BCUT2D eigenvalue weighted by Gasteiger charge is -2.36. The van der Waals surface area contributed by atoms with Crippen LogP contribution in [0.25, 0.3) is 0 Å². The van der Waals surface area contributed by atoms with Crippen molar-refractivity contribution in [3.05, 3.63) is 0 Å². The van der Waals surface area contributed by atoms with Gasteiger partial charge in [0.25, 0.3) is 0 Å². The zero-order valence-corrected chi connectivity index (χ0v) is 11.9. The Hall–Kier alpha value is -0.610. The van der Waals surface area contributed by atoms with Crippen LogP contribution in [-0.2, 0) is 9.53 Å². The van der Waals surface area contributed by atoms with Gasteiger partial charge in [-0.05, 0) is 52.1 Å². The van der Waals surface area contributed by atoms with Gasteiger partial charge < -0.3 is 9.64 Å². The topological polar surface area (TPSA) is 41.6 Å². The molecule has 4 nitrogen and oxygen atoms in total. The minimum Gasteiger partial charge on any atom is -0.465 e. The third kappa shape index (κ3) is 3.04. The number of carbonyl (C=O) groups is 1. The van der Waals surface area contributed by atoms with Crippen molar-refractivity contribution in [1.82, 2.24) is 10.2 Å². The van der Waals surface area contributed by atoms with Crippen LogP contribution < -0.4 is 5.32 Å². The van der Waals surface area contributed by atoms with Crippen molar-refractivity contribution in [2.24, 2.45) is 5.92 Å². The third-order valence-corrected chi connectivity index (χ3v) is 4.01. The first-order valence-electron chi connectivity index (χ1n) is 7.25. The Labute approximate surface area is 110 Å². The Balaban J connectivity index is 2.12. The van der Waals surface area contributed by atoms with E-state index in [2.05, 4.69) is 24.2 Å². The summed E-state index contributed by atoms with van der Waals surface area (Å²) in [6.45, 7) is 6.20. The maximum atomic E-state index is 12.4. The van der Waals surface area contributed by atoms with Gasteiger partial charge in [0.2, 0.25) is 0 Å². The highest BCUT2D eigenvalue weighted by atomic mass is 16.5. The molecule has 0 aromatic heterocycles. The van der Waals surface area contributed by atoms with Crippen LogP contribution >= 0.6 is 0 Å². The molecule has 2 fully saturated rings. The van der Waals surface area contributed by atoms with Gasteiger partial charge in [-0.25, -0.2) is 4.79 Å². The predicted octanol–water partition coefficient (Wildman–Crippen LogP) is 1.40. The van der Waals surface area contributed by atoms with Crippen LogP contribution in [0.2, 0.25) is 0 Å². The van der Waals surface area contributed by atoms with Gasteiger partial charge in [-0.2, -0.15) is 0 Å². The molecule has 2 rings (SSSR count). The van der Waals surface area contributed by atoms with E-state index in [-0.39, 0.29) is 5.97 Å². The first-order valence-corrected chi connectivity index (χ1v) is 7.25. The predicted molar refractivity (Wildman–Crippen MR) is 71.4 cm³/mol. The first-order chi connectivity index (χ1) is 8.62. The standard InChI is InChI=1S/C14H26N2O2/c1-4-16(3)10-14(11-6-7-11,13(17)18-5-2)15-12-8-9-12/h11-12,15H,4-10H2,1-3H3. The molecule has 0 aliphatic heterocycles. The maximum Gasteiger partial charge on any atom is 0.327 e. The van der Waals surface area contributed by atoms with E-state index in [0.29, 0.717) is 18.6 Å². The van der Waals surface area contributed by atoms with Crippen LogP contribution in [0.15, 0.2) is 0 Å². The minimum absolute atomic E-state index is 0.0419. The van der Waals surface area contributed by atoms with Crippen LogP contribution in [0.1, 0.15) is 39.5 Å². The lowest BCUT2D eigenvalue weighted by atomic mass is 9.92. The minimum atomic E-state index is -0.456. The largest absolute Gasteiger partial charge is 0.465 e. The molecule has 1 unspecified atom stereocenters. The van der Waals surface area contributed by atoms with Crippen molar-refractivity contribution in [3.63, 3.8) is 0 Å². The molecular formula is C14H26N2O2. The molecule has 1 atom stereocenters. The van der Waals surface area contributed by atoms with Crippen molar-refractivity contribution in [3.8, 4) is 0 Å². The average molecular weight is 254 g/mol. The monoisotopic (exact) mass is 254 g/mol. The number of hydrogen-bond donors (Lipinski definition) is 1. The quantitative estimate of drug-likeness (QED) is 0.665. The summed E-state index contributed by atoms with van der Waals surface area (Å²) in [5, 5.41) is 3.60. The van der Waals surface area contributed by atoms with Crippen molar-refractivity contribution < 1.29 is 9.53 Å². The van der Waals surface area contributed by atoms with Gasteiger partial charge in [0.05, 0.1) is 6.61 Å². The molecule has 1 N–H and O–H groups in total. The number of ether oxygens (including phenoxy) is 1. The van der Waals surface area contributed by atoms with Crippen molar-refractivity contribution >= 4 is 5.97 Å². The summed E-state index contributed by atoms with van der Waals surface area (Å²) >= 11 is 0. The molecule has 104 valence electrons. The number of esters is 1. The number of rotatable bonds is 8. The van der Waals surface area contributed by atoms with E-state index in [9.17, 15) is 4.79 Å². The summed E-state index contributed by atoms with van der Waals surface area (Å²) in [4.78, 5) is 14.7. The number of nitrogens with one attached hydrogen (secondary N) is 1. The van der Waals surface area contributed by atoms with E-state index in [0.717, 1.165) is 25.9 Å². The Morgan fingerprint density at radius 1 is 1.33 bits per heavy atom. The third-order valence-electron chi connectivity index (χ3n) is 4.01. The molecule has 0 aromatic carbocycles. The highest BCUT2D eigenvalue weighted by molar-refractivity contribution is 5.82. The molecule has 0 saturated heterocycles. The van der Waals surface area contributed by atoms with Crippen LogP contribution in [0.3, 0.4) is 0 Å². The van der Waals surface area contributed by atoms with E-state index in [4.69, 9.17) is 4.74 Å². The van der Waals surface area contributed by atoms with E-state index >= 15 is 0 Å². The normalized spacial score (nSPS) is 22.9. The first kappa shape index (κ1) is 13.8. The highest BCUT2D eigenvalue weighted by Gasteiger charge is 2.54. The Morgan fingerprint density at radius 2 is 2.00 bits per heavy atom. The lowest BCUT2D eigenvalue weighted by molar-refractivity contribution is -0.153. The second kappa shape index (κ2) is 5.57. The zero-order valence-electron chi connectivity index (χ0n) is 11.9. The molecular weight excluding hydrogens is 228 g/mol. The maximum absolute atomic E-state index is 12.4. The van der Waals surface area contributed by atoms with E-state index in [1.807, 2.05) is 6.92 Å². The smallest absolute Gasteiger partial charge is 0.327 e. The van der Waals surface area contributed by atoms with Crippen LogP contribution in [0.5, 0.6) is 0 Å². The van der Waals surface area contributed by atoms with Gasteiger partial charge >= 0.3 is 5.97 Å². The average Bonchev–Trinajstić information content (AvgIpc) is 3.20. The summed E-state index contributed by atoms with van der Waals surface area (Å²) in [6.07, 6.45) is 4.69.